The van der Waals surface area contributed by atoms with Gasteiger partial charge in [0.2, 0.25) is 5.95 Å². The highest BCUT2D eigenvalue weighted by atomic mass is 16.5. The zero-order valence-electron chi connectivity index (χ0n) is 22.7. The number of imidazole rings is 1. The third-order valence-corrected chi connectivity index (χ3v) is 6.45. The molecule has 2 N–H and O–H groups in total. The highest BCUT2D eigenvalue weighted by Gasteiger charge is 2.13. The van der Waals surface area contributed by atoms with Crippen LogP contribution in [-0.4, -0.2) is 32.8 Å². The van der Waals surface area contributed by atoms with E-state index in [1.54, 1.807) is 12.1 Å². The number of Topliss-reactive ketones (excluding diaryl/α,β-unsaturated/α-hetero) is 1. The lowest BCUT2D eigenvalue weighted by molar-refractivity contribution is -0.117. The fraction of sp³-hybridized carbons (Fsp3) is 0.333. The summed E-state index contributed by atoms with van der Waals surface area (Å²) in [5.74, 6) is 2.09. The molecule has 0 saturated carbocycles. The number of pyridine rings is 1. The minimum Gasteiger partial charge on any atom is -0.457 e. The first-order valence-electron chi connectivity index (χ1n) is 13.0. The fourth-order valence-electron chi connectivity index (χ4n) is 4.38. The van der Waals surface area contributed by atoms with Crippen molar-refractivity contribution in [1.82, 2.24) is 19.9 Å². The van der Waals surface area contributed by atoms with Crippen LogP contribution in [0.1, 0.15) is 68.1 Å². The Morgan fingerprint density at radius 2 is 1.84 bits per heavy atom. The lowest BCUT2D eigenvalue weighted by Crippen LogP contribution is -2.25. The number of carbonyl (C=O) groups excluding carboxylic acids is 2. The van der Waals surface area contributed by atoms with Gasteiger partial charge in [0.15, 0.2) is 0 Å². The Balaban J connectivity index is 1.48. The van der Waals surface area contributed by atoms with Crippen LogP contribution in [0.5, 0.6) is 11.5 Å². The molecule has 0 aliphatic carbocycles. The van der Waals surface area contributed by atoms with E-state index in [0.29, 0.717) is 36.8 Å². The van der Waals surface area contributed by atoms with Gasteiger partial charge in [0.1, 0.15) is 23.0 Å². The van der Waals surface area contributed by atoms with Crippen molar-refractivity contribution in [3.63, 3.8) is 0 Å². The molecule has 0 spiro atoms. The molecule has 0 radical (unpaired) electrons. The van der Waals surface area contributed by atoms with E-state index in [1.807, 2.05) is 29.8 Å². The Kier molecular flexibility index (Phi) is 8.41. The standard InChI is InChI=1S/C30H35N5O3/c1-6-21-9-10-22(16-25(21)19(2)3)33-30-34-26-17-23(11-12-28(26)35(30)5)38-24-13-15-31-27(18-24)29(37)32-14-7-8-20(4)36/h9-13,15-19H,6-8,14H2,1-5H3,(H,32,37)(H,33,34). The monoisotopic (exact) mass is 513 g/mol. The first kappa shape index (κ1) is 26.9. The summed E-state index contributed by atoms with van der Waals surface area (Å²) in [4.78, 5) is 32.4. The third kappa shape index (κ3) is 6.37. The van der Waals surface area contributed by atoms with Gasteiger partial charge >= 0.3 is 0 Å². The largest absolute Gasteiger partial charge is 0.457 e. The highest BCUT2D eigenvalue weighted by Crippen LogP contribution is 2.30. The maximum Gasteiger partial charge on any atom is 0.270 e. The van der Waals surface area contributed by atoms with Gasteiger partial charge in [-0.25, -0.2) is 4.98 Å². The lowest BCUT2D eigenvalue weighted by atomic mass is 9.95. The van der Waals surface area contributed by atoms with Gasteiger partial charge in [-0.2, -0.15) is 0 Å². The number of aromatic nitrogens is 3. The van der Waals surface area contributed by atoms with Crippen LogP contribution in [0.2, 0.25) is 0 Å². The van der Waals surface area contributed by atoms with E-state index >= 15 is 0 Å². The average molecular weight is 514 g/mol. The van der Waals surface area contributed by atoms with E-state index in [2.05, 4.69) is 54.6 Å². The van der Waals surface area contributed by atoms with Crippen molar-refractivity contribution in [3.05, 3.63) is 71.5 Å². The number of amides is 1. The number of carbonyl (C=O) groups is 2. The van der Waals surface area contributed by atoms with E-state index in [0.717, 1.165) is 29.1 Å². The van der Waals surface area contributed by atoms with Crippen LogP contribution in [0.15, 0.2) is 54.7 Å². The molecule has 198 valence electrons. The van der Waals surface area contributed by atoms with Gasteiger partial charge in [0.05, 0.1) is 11.0 Å². The summed E-state index contributed by atoms with van der Waals surface area (Å²) < 4.78 is 8.05. The Bertz CT molecular complexity index is 1460. The molecule has 2 aromatic heterocycles. The molecule has 4 rings (SSSR count). The van der Waals surface area contributed by atoms with Crippen LogP contribution in [-0.2, 0) is 18.3 Å². The summed E-state index contributed by atoms with van der Waals surface area (Å²) >= 11 is 0. The smallest absolute Gasteiger partial charge is 0.270 e. The zero-order chi connectivity index (χ0) is 27.2. The Morgan fingerprint density at radius 1 is 1.05 bits per heavy atom. The van der Waals surface area contributed by atoms with Crippen molar-refractivity contribution in [1.29, 1.82) is 0 Å². The van der Waals surface area contributed by atoms with Crippen LogP contribution in [0, 0.1) is 0 Å². The van der Waals surface area contributed by atoms with Crippen LogP contribution in [0.25, 0.3) is 11.0 Å². The van der Waals surface area contributed by atoms with E-state index < -0.39 is 0 Å². The molecule has 2 aromatic carbocycles. The minimum atomic E-state index is -0.303. The van der Waals surface area contributed by atoms with Gasteiger partial charge in [0.25, 0.3) is 5.91 Å². The summed E-state index contributed by atoms with van der Waals surface area (Å²) in [5, 5.41) is 6.25. The summed E-state index contributed by atoms with van der Waals surface area (Å²) in [6.07, 6.45) is 3.58. The summed E-state index contributed by atoms with van der Waals surface area (Å²) in [6.45, 7) is 8.56. The molecule has 0 fully saturated rings. The number of rotatable bonds is 11. The van der Waals surface area contributed by atoms with Gasteiger partial charge in [-0.3, -0.25) is 9.78 Å². The van der Waals surface area contributed by atoms with Gasteiger partial charge in [-0.1, -0.05) is 26.8 Å². The number of ether oxygens (including phenoxy) is 1. The molecule has 0 saturated heterocycles. The van der Waals surface area contributed by atoms with E-state index in [1.165, 1.54) is 24.2 Å². The molecule has 1 amide bonds. The SMILES string of the molecule is CCc1ccc(Nc2nc3cc(Oc4ccnc(C(=O)NCCCC(C)=O)c4)ccc3n2C)cc1C(C)C. The van der Waals surface area contributed by atoms with Crippen LogP contribution >= 0.6 is 0 Å². The molecule has 4 aromatic rings. The van der Waals surface area contributed by atoms with Gasteiger partial charge < -0.3 is 24.7 Å². The number of ketones is 1. The van der Waals surface area contributed by atoms with Crippen molar-refractivity contribution < 1.29 is 14.3 Å². The number of nitrogens with one attached hydrogen (secondary N) is 2. The van der Waals surface area contributed by atoms with Crippen LogP contribution in [0.4, 0.5) is 11.6 Å². The summed E-state index contributed by atoms with van der Waals surface area (Å²) in [7, 11) is 1.98. The summed E-state index contributed by atoms with van der Waals surface area (Å²) in [6, 6.07) is 15.5. The molecule has 0 unspecified atom stereocenters. The van der Waals surface area contributed by atoms with E-state index in [-0.39, 0.29) is 17.4 Å². The number of hydrogen-bond donors (Lipinski definition) is 2. The first-order valence-corrected chi connectivity index (χ1v) is 13.0. The summed E-state index contributed by atoms with van der Waals surface area (Å²) in [5.41, 5.74) is 5.72. The molecule has 8 heteroatoms. The van der Waals surface area contributed by atoms with Crippen molar-refractivity contribution in [3.8, 4) is 11.5 Å². The molecule has 0 bridgehead atoms. The van der Waals surface area contributed by atoms with Crippen LogP contribution in [0.3, 0.4) is 0 Å². The number of anilines is 2. The number of aryl methyl sites for hydroxylation is 2. The van der Waals surface area contributed by atoms with Crippen molar-refractivity contribution >= 4 is 34.4 Å². The second-order valence-electron chi connectivity index (χ2n) is 9.73. The predicted molar refractivity (Wildman–Crippen MR) is 150 cm³/mol. The minimum absolute atomic E-state index is 0.103. The van der Waals surface area contributed by atoms with Crippen molar-refractivity contribution in [2.75, 3.05) is 11.9 Å². The average Bonchev–Trinajstić information content (AvgIpc) is 3.20. The topological polar surface area (TPSA) is 98.1 Å². The molecule has 0 aliphatic rings. The van der Waals surface area contributed by atoms with Gasteiger partial charge in [-0.05, 0) is 67.1 Å². The normalized spacial score (nSPS) is 11.1. The number of benzene rings is 2. The van der Waals surface area contributed by atoms with E-state index in [4.69, 9.17) is 9.72 Å². The van der Waals surface area contributed by atoms with Crippen LogP contribution < -0.4 is 15.4 Å². The molecule has 8 nitrogen and oxygen atoms in total. The second kappa shape index (κ2) is 11.9. The third-order valence-electron chi connectivity index (χ3n) is 6.45. The first-order chi connectivity index (χ1) is 18.2. The molecule has 0 atom stereocenters. The molecular formula is C30H35N5O3. The zero-order valence-corrected chi connectivity index (χ0v) is 22.7. The maximum absolute atomic E-state index is 12.4. The number of fused-ring (bicyclic) bond motifs is 1. The predicted octanol–water partition coefficient (Wildman–Crippen LogP) is 6.29. The Hall–Kier alpha value is -4.20. The molecule has 0 aliphatic heterocycles. The molecular weight excluding hydrogens is 478 g/mol. The highest BCUT2D eigenvalue weighted by molar-refractivity contribution is 5.92. The van der Waals surface area contributed by atoms with Crippen molar-refractivity contribution in [2.45, 2.75) is 52.9 Å². The quantitative estimate of drug-likeness (QED) is 0.229. The lowest BCUT2D eigenvalue weighted by Gasteiger charge is -2.14. The Labute approximate surface area is 223 Å². The Morgan fingerprint density at radius 3 is 2.58 bits per heavy atom. The molecule has 2 heterocycles. The van der Waals surface area contributed by atoms with E-state index in [9.17, 15) is 9.59 Å². The molecule has 38 heavy (non-hydrogen) atoms. The number of nitrogens with zero attached hydrogens (tertiary/aromatic N) is 3. The maximum atomic E-state index is 12.4. The number of hydrogen-bond acceptors (Lipinski definition) is 6. The van der Waals surface area contributed by atoms with Gasteiger partial charge in [0, 0.05) is 44.0 Å². The van der Waals surface area contributed by atoms with Gasteiger partial charge in [-0.15, -0.1) is 0 Å². The second-order valence-corrected chi connectivity index (χ2v) is 9.73. The van der Waals surface area contributed by atoms with Crippen molar-refractivity contribution in [2.24, 2.45) is 7.05 Å². The fourth-order valence-corrected chi connectivity index (χ4v) is 4.38.